The van der Waals surface area contributed by atoms with Crippen molar-refractivity contribution in [3.63, 3.8) is 0 Å². The number of benzene rings is 1. The monoisotopic (exact) mass is 277 g/mol. The molecule has 1 aliphatic rings. The Hall–Kier alpha value is -3.00. The molecule has 1 aliphatic heterocycles. The van der Waals surface area contributed by atoms with Crippen LogP contribution in [0.2, 0.25) is 0 Å². The first-order valence-electron chi connectivity index (χ1n) is 6.64. The van der Waals surface area contributed by atoms with Gasteiger partial charge in [-0.3, -0.25) is 5.43 Å². The number of aryl methyl sites for hydroxylation is 1. The van der Waals surface area contributed by atoms with E-state index >= 15 is 0 Å². The molecule has 1 aromatic heterocycles. The second-order valence-corrected chi connectivity index (χ2v) is 4.82. The van der Waals surface area contributed by atoms with Crippen LogP contribution in [0.1, 0.15) is 23.7 Å². The summed E-state index contributed by atoms with van der Waals surface area (Å²) in [6.45, 7) is 7.97. The lowest BCUT2D eigenvalue weighted by Crippen LogP contribution is -2.20. The number of nitrogens with zero attached hydrogens (tertiary/aromatic N) is 3. The maximum absolute atomic E-state index is 9.24. The number of nitrogens with one attached hydrogen (secondary N) is 2. The van der Waals surface area contributed by atoms with Crippen LogP contribution in [-0.2, 0) is 0 Å². The van der Waals surface area contributed by atoms with Crippen LogP contribution in [0.3, 0.4) is 0 Å². The van der Waals surface area contributed by atoms with Crippen LogP contribution >= 0.6 is 0 Å². The largest absolute Gasteiger partial charge is 0.335 e. The van der Waals surface area contributed by atoms with Crippen molar-refractivity contribution >= 4 is 22.8 Å². The van der Waals surface area contributed by atoms with E-state index in [0.717, 1.165) is 34.0 Å². The average molecular weight is 277 g/mol. The molecule has 0 bridgehead atoms. The van der Waals surface area contributed by atoms with Gasteiger partial charge in [-0.05, 0) is 31.6 Å². The van der Waals surface area contributed by atoms with E-state index in [9.17, 15) is 5.26 Å². The number of anilines is 3. The molecule has 5 heteroatoms. The van der Waals surface area contributed by atoms with E-state index in [2.05, 4.69) is 28.5 Å². The van der Waals surface area contributed by atoms with Crippen LogP contribution in [0.15, 0.2) is 36.9 Å². The minimum absolute atomic E-state index is 0.590. The van der Waals surface area contributed by atoms with Crippen molar-refractivity contribution in [1.29, 1.82) is 5.26 Å². The number of para-hydroxylation sites is 1. The summed E-state index contributed by atoms with van der Waals surface area (Å²) in [4.78, 5) is 1.68. The zero-order valence-corrected chi connectivity index (χ0v) is 11.9. The predicted octanol–water partition coefficient (Wildman–Crippen LogP) is 3.58. The predicted molar refractivity (Wildman–Crippen MR) is 84.3 cm³/mol. The van der Waals surface area contributed by atoms with Gasteiger partial charge >= 0.3 is 0 Å². The number of allylic oxidation sites excluding steroid dienone is 3. The lowest BCUT2D eigenvalue weighted by molar-refractivity contribution is 0.790. The fourth-order valence-electron chi connectivity index (χ4n) is 2.50. The highest BCUT2D eigenvalue weighted by atomic mass is 15.6. The Labute approximate surface area is 123 Å². The molecule has 21 heavy (non-hydrogen) atoms. The van der Waals surface area contributed by atoms with E-state index < -0.39 is 0 Å². The first-order chi connectivity index (χ1) is 10.2. The number of nitriles is 1. The third kappa shape index (κ3) is 1.98. The Bertz CT molecular complexity index is 805. The average Bonchev–Trinajstić information content (AvgIpc) is 2.79. The van der Waals surface area contributed by atoms with Crippen molar-refractivity contribution in [3.05, 3.63) is 53.8 Å². The summed E-state index contributed by atoms with van der Waals surface area (Å²) < 4.78 is 0. The van der Waals surface area contributed by atoms with Gasteiger partial charge in [-0.1, -0.05) is 24.8 Å². The van der Waals surface area contributed by atoms with E-state index in [1.807, 2.05) is 38.1 Å². The molecular weight excluding hydrogens is 262 g/mol. The van der Waals surface area contributed by atoms with E-state index in [1.165, 1.54) is 0 Å². The molecule has 0 saturated carbocycles. The van der Waals surface area contributed by atoms with E-state index in [0.29, 0.717) is 5.56 Å². The van der Waals surface area contributed by atoms with Crippen molar-refractivity contribution in [2.75, 3.05) is 10.7 Å². The van der Waals surface area contributed by atoms with Crippen molar-refractivity contribution in [1.82, 2.24) is 9.89 Å². The highest BCUT2D eigenvalue weighted by molar-refractivity contribution is 5.88. The van der Waals surface area contributed by atoms with Crippen LogP contribution in [-0.4, -0.2) is 9.89 Å². The zero-order chi connectivity index (χ0) is 15.0. The smallest absolute Gasteiger partial charge is 0.160 e. The Morgan fingerprint density at radius 1 is 1.48 bits per heavy atom. The Kier molecular flexibility index (Phi) is 2.99. The van der Waals surface area contributed by atoms with Gasteiger partial charge in [0.2, 0.25) is 0 Å². The summed E-state index contributed by atoms with van der Waals surface area (Å²) in [6.07, 6.45) is 3.88. The lowest BCUT2D eigenvalue weighted by Gasteiger charge is -2.22. The minimum atomic E-state index is 0.590. The van der Waals surface area contributed by atoms with Gasteiger partial charge in [0.05, 0.1) is 22.6 Å². The second kappa shape index (κ2) is 4.84. The summed E-state index contributed by atoms with van der Waals surface area (Å²) in [5.41, 5.74) is 8.08. The van der Waals surface area contributed by atoms with E-state index in [1.54, 1.807) is 10.9 Å². The zero-order valence-electron chi connectivity index (χ0n) is 11.9. The minimum Gasteiger partial charge on any atom is -0.335 e. The normalized spacial score (nSPS) is 12.0. The van der Waals surface area contributed by atoms with Gasteiger partial charge in [-0.2, -0.15) is 15.2 Å². The molecule has 0 saturated heterocycles. The maximum atomic E-state index is 9.24. The SMILES string of the molecule is C=C(/C=C\C)c1c(C)nn2c1Nc1c(C#N)cccc1N2. The fraction of sp³-hybridized carbons (Fsp3) is 0.125. The van der Waals surface area contributed by atoms with E-state index in [4.69, 9.17) is 0 Å². The number of aromatic nitrogens is 2. The molecular formula is C16H15N5. The lowest BCUT2D eigenvalue weighted by atomic mass is 10.1. The Balaban J connectivity index is 2.14. The van der Waals surface area contributed by atoms with Crippen LogP contribution in [0.25, 0.3) is 5.57 Å². The van der Waals surface area contributed by atoms with E-state index in [-0.39, 0.29) is 0 Å². The van der Waals surface area contributed by atoms with Gasteiger partial charge in [0.1, 0.15) is 6.07 Å². The van der Waals surface area contributed by atoms with Gasteiger partial charge in [0.15, 0.2) is 5.82 Å². The molecule has 0 spiro atoms. The number of fused-ring (bicyclic) bond motifs is 2. The van der Waals surface area contributed by atoms with Crippen molar-refractivity contribution in [2.24, 2.45) is 0 Å². The Morgan fingerprint density at radius 2 is 2.29 bits per heavy atom. The molecule has 104 valence electrons. The molecule has 2 heterocycles. The maximum Gasteiger partial charge on any atom is 0.160 e. The molecule has 3 rings (SSSR count). The molecule has 0 fully saturated rings. The van der Waals surface area contributed by atoms with Gasteiger partial charge < -0.3 is 5.32 Å². The van der Waals surface area contributed by atoms with Crippen molar-refractivity contribution in [3.8, 4) is 6.07 Å². The molecule has 0 aliphatic carbocycles. The van der Waals surface area contributed by atoms with Gasteiger partial charge in [0.25, 0.3) is 0 Å². The standard InChI is InChI=1S/C16H15N5/c1-4-6-10(2)14-11(3)19-21-16(14)18-15-12(9-17)7-5-8-13(15)20-21/h4-8,18,20H,2H2,1,3H3/b6-4-. The first kappa shape index (κ1) is 13.0. The van der Waals surface area contributed by atoms with Crippen LogP contribution in [0.5, 0.6) is 0 Å². The fourth-order valence-corrected chi connectivity index (χ4v) is 2.50. The molecule has 5 nitrogen and oxygen atoms in total. The molecule has 0 amide bonds. The molecule has 0 unspecified atom stereocenters. The molecule has 1 aromatic carbocycles. The topological polar surface area (TPSA) is 65.7 Å². The summed E-state index contributed by atoms with van der Waals surface area (Å²) in [7, 11) is 0. The summed E-state index contributed by atoms with van der Waals surface area (Å²) in [6, 6.07) is 7.73. The third-order valence-electron chi connectivity index (χ3n) is 3.40. The number of hydrogen-bond donors (Lipinski definition) is 2. The van der Waals surface area contributed by atoms with Crippen molar-refractivity contribution in [2.45, 2.75) is 13.8 Å². The highest BCUT2D eigenvalue weighted by Gasteiger charge is 2.23. The summed E-state index contributed by atoms with van der Waals surface area (Å²) in [5.74, 6) is 0.797. The van der Waals surface area contributed by atoms with Crippen LogP contribution in [0.4, 0.5) is 17.2 Å². The molecule has 0 radical (unpaired) electrons. The van der Waals surface area contributed by atoms with Gasteiger partial charge in [-0.15, -0.1) is 0 Å². The van der Waals surface area contributed by atoms with Gasteiger partial charge in [0, 0.05) is 5.56 Å². The number of hydrogen-bond acceptors (Lipinski definition) is 4. The molecule has 0 atom stereocenters. The summed E-state index contributed by atoms with van der Waals surface area (Å²) in [5, 5.41) is 17.0. The quantitative estimate of drug-likeness (QED) is 0.703. The van der Waals surface area contributed by atoms with Crippen molar-refractivity contribution < 1.29 is 0 Å². The van der Waals surface area contributed by atoms with Crippen LogP contribution < -0.4 is 10.7 Å². The number of rotatable bonds is 2. The van der Waals surface area contributed by atoms with Gasteiger partial charge in [-0.25, -0.2) is 0 Å². The summed E-state index contributed by atoms with van der Waals surface area (Å²) >= 11 is 0. The molecule has 2 N–H and O–H groups in total. The highest BCUT2D eigenvalue weighted by Crippen LogP contribution is 2.37. The third-order valence-corrected chi connectivity index (χ3v) is 3.40. The first-order valence-corrected chi connectivity index (χ1v) is 6.64. The van der Waals surface area contributed by atoms with Crippen LogP contribution in [0, 0.1) is 18.3 Å². The Morgan fingerprint density at radius 3 is 3.00 bits per heavy atom. The second-order valence-electron chi connectivity index (χ2n) is 4.82. The molecule has 2 aromatic rings.